The number of rotatable bonds is 7. The predicted molar refractivity (Wildman–Crippen MR) is 126 cm³/mol. The van der Waals surface area contributed by atoms with E-state index < -0.39 is 17.0 Å². The molecule has 6 nitrogen and oxygen atoms in total. The molecular formula is C25H18F3N3O3S. The lowest BCUT2D eigenvalue weighted by Crippen LogP contribution is -2.03. The lowest BCUT2D eigenvalue weighted by molar-refractivity contribution is -0.137. The summed E-state index contributed by atoms with van der Waals surface area (Å²) < 4.78 is 48.6. The van der Waals surface area contributed by atoms with E-state index in [1.54, 1.807) is 30.3 Å². The fraction of sp³-hybridized carbons (Fsp3) is 0.160. The summed E-state index contributed by atoms with van der Waals surface area (Å²) in [7, 11) is 0. The number of carbonyl (C=O) groups is 1. The van der Waals surface area contributed by atoms with Crippen LogP contribution in [0.4, 0.5) is 13.2 Å². The summed E-state index contributed by atoms with van der Waals surface area (Å²) in [6.45, 7) is 0.536. The van der Waals surface area contributed by atoms with Crippen LogP contribution < -0.4 is 0 Å². The number of aromatic nitrogens is 3. The number of hydrogen-bond donors (Lipinski definition) is 1. The van der Waals surface area contributed by atoms with E-state index in [0.717, 1.165) is 10.9 Å². The summed E-state index contributed by atoms with van der Waals surface area (Å²) in [5, 5.41) is 13.7. The zero-order valence-electron chi connectivity index (χ0n) is 18.1. The van der Waals surface area contributed by atoms with Gasteiger partial charge in [-0.15, -0.1) is 11.3 Å². The Labute approximate surface area is 201 Å². The van der Waals surface area contributed by atoms with Crippen LogP contribution in [-0.2, 0) is 17.5 Å². The molecule has 178 valence electrons. The molecular weight excluding hydrogens is 479 g/mol. The van der Waals surface area contributed by atoms with Crippen molar-refractivity contribution in [2.75, 3.05) is 0 Å². The fourth-order valence-corrected chi connectivity index (χ4v) is 4.96. The highest BCUT2D eigenvalue weighted by molar-refractivity contribution is 7.16. The van der Waals surface area contributed by atoms with Gasteiger partial charge in [-0.1, -0.05) is 47.6 Å². The maximum atomic E-state index is 13.8. The van der Waals surface area contributed by atoms with Crippen LogP contribution in [0.1, 0.15) is 17.7 Å². The van der Waals surface area contributed by atoms with Crippen molar-refractivity contribution in [3.8, 4) is 33.3 Å². The summed E-state index contributed by atoms with van der Waals surface area (Å²) in [4.78, 5) is 14.7. The Bertz CT molecular complexity index is 1500. The van der Waals surface area contributed by atoms with Gasteiger partial charge in [0, 0.05) is 41.2 Å². The summed E-state index contributed by atoms with van der Waals surface area (Å²) in [5.74, 6) is -0.577. The smallest absolute Gasteiger partial charge is 0.426 e. The van der Waals surface area contributed by atoms with Crippen molar-refractivity contribution in [1.82, 2.24) is 14.7 Å². The Morgan fingerprint density at radius 3 is 2.60 bits per heavy atom. The first kappa shape index (κ1) is 22.9. The van der Waals surface area contributed by atoms with Gasteiger partial charge in [0.05, 0.1) is 4.88 Å². The SMILES string of the molecule is O=C(O)CCCn1ccc2c(-c3noc(-c4cc(-c5ccccc5)c(C(F)(F)F)s4)n3)cccc21. The van der Waals surface area contributed by atoms with Gasteiger partial charge in [-0.05, 0) is 30.2 Å². The van der Waals surface area contributed by atoms with Crippen LogP contribution in [0.15, 0.2) is 71.4 Å². The average molecular weight is 497 g/mol. The molecule has 0 atom stereocenters. The molecule has 0 aliphatic heterocycles. The second-order valence-corrected chi connectivity index (χ2v) is 8.94. The lowest BCUT2D eigenvalue weighted by Gasteiger charge is -2.07. The normalized spacial score (nSPS) is 11.9. The number of aliphatic carboxylic acids is 1. The highest BCUT2D eigenvalue weighted by Crippen LogP contribution is 2.45. The third-order valence-electron chi connectivity index (χ3n) is 5.56. The molecule has 0 aliphatic rings. The summed E-state index contributed by atoms with van der Waals surface area (Å²) in [5.41, 5.74) is 2.07. The Morgan fingerprint density at radius 1 is 1.06 bits per heavy atom. The van der Waals surface area contributed by atoms with Crippen molar-refractivity contribution in [2.45, 2.75) is 25.6 Å². The molecule has 0 fully saturated rings. The van der Waals surface area contributed by atoms with E-state index in [2.05, 4.69) is 10.1 Å². The highest BCUT2D eigenvalue weighted by atomic mass is 32.1. The van der Waals surface area contributed by atoms with Gasteiger partial charge in [0.15, 0.2) is 0 Å². The molecule has 1 N–H and O–H groups in total. The average Bonchev–Trinajstić information content (AvgIpc) is 3.57. The highest BCUT2D eigenvalue weighted by Gasteiger charge is 2.37. The Hall–Kier alpha value is -3.92. The predicted octanol–water partition coefficient (Wildman–Crippen LogP) is 6.97. The monoisotopic (exact) mass is 497 g/mol. The molecule has 0 spiro atoms. The minimum Gasteiger partial charge on any atom is -0.481 e. The van der Waals surface area contributed by atoms with E-state index in [4.69, 9.17) is 9.63 Å². The van der Waals surface area contributed by atoms with Crippen molar-refractivity contribution in [3.05, 3.63) is 71.7 Å². The molecule has 5 rings (SSSR count). The molecule has 0 aliphatic carbocycles. The summed E-state index contributed by atoms with van der Waals surface area (Å²) in [6, 6.07) is 17.2. The van der Waals surface area contributed by atoms with E-state index in [0.29, 0.717) is 35.4 Å². The van der Waals surface area contributed by atoms with E-state index in [1.165, 1.54) is 6.07 Å². The minimum absolute atomic E-state index is 0.00979. The number of benzene rings is 2. The first-order valence-corrected chi connectivity index (χ1v) is 11.5. The van der Waals surface area contributed by atoms with Gasteiger partial charge >= 0.3 is 12.1 Å². The number of halogens is 3. The van der Waals surface area contributed by atoms with Crippen LogP contribution in [0.2, 0.25) is 0 Å². The van der Waals surface area contributed by atoms with Crippen molar-refractivity contribution in [2.24, 2.45) is 0 Å². The Kier molecular flexibility index (Phi) is 5.89. The number of nitrogens with zero attached hydrogens (tertiary/aromatic N) is 3. The number of carboxylic acids is 1. The molecule has 0 unspecified atom stereocenters. The standard InChI is InChI=1S/C25H18F3N3O3S/c26-25(27,28)22-18(15-6-2-1-3-7-15)14-20(35-22)24-29-23(30-34-24)17-8-4-9-19-16(17)11-13-31(19)12-5-10-21(32)33/h1-4,6-9,11,13-14H,5,10,12H2,(H,32,33). The van der Waals surface area contributed by atoms with E-state index >= 15 is 0 Å². The molecule has 2 aromatic carbocycles. The maximum absolute atomic E-state index is 13.8. The van der Waals surface area contributed by atoms with Gasteiger partial charge in [0.1, 0.15) is 4.88 Å². The van der Waals surface area contributed by atoms with Gasteiger partial charge < -0.3 is 14.2 Å². The number of alkyl halides is 3. The third-order valence-corrected chi connectivity index (χ3v) is 6.72. The van der Waals surface area contributed by atoms with Crippen LogP contribution in [-0.4, -0.2) is 25.8 Å². The third kappa shape index (κ3) is 4.57. The van der Waals surface area contributed by atoms with Gasteiger partial charge in [-0.3, -0.25) is 4.79 Å². The maximum Gasteiger partial charge on any atom is 0.426 e. The Balaban J connectivity index is 1.50. The van der Waals surface area contributed by atoms with Crippen LogP contribution in [0.25, 0.3) is 44.2 Å². The first-order valence-electron chi connectivity index (χ1n) is 10.7. The fourth-order valence-electron chi connectivity index (χ4n) is 3.99. The topological polar surface area (TPSA) is 81.1 Å². The van der Waals surface area contributed by atoms with Crippen molar-refractivity contribution in [1.29, 1.82) is 0 Å². The number of hydrogen-bond acceptors (Lipinski definition) is 5. The molecule has 0 saturated heterocycles. The van der Waals surface area contributed by atoms with Gasteiger partial charge in [-0.25, -0.2) is 0 Å². The van der Waals surface area contributed by atoms with Crippen molar-refractivity contribution >= 4 is 28.2 Å². The number of aryl methyl sites for hydroxylation is 1. The van der Waals surface area contributed by atoms with Crippen LogP contribution in [0.5, 0.6) is 0 Å². The van der Waals surface area contributed by atoms with Gasteiger partial charge in [0.25, 0.3) is 5.89 Å². The molecule has 0 saturated carbocycles. The number of fused-ring (bicyclic) bond motifs is 1. The quantitative estimate of drug-likeness (QED) is 0.263. The molecule has 10 heteroatoms. The van der Waals surface area contributed by atoms with Crippen molar-refractivity contribution in [3.63, 3.8) is 0 Å². The van der Waals surface area contributed by atoms with Crippen molar-refractivity contribution < 1.29 is 27.6 Å². The molecule has 35 heavy (non-hydrogen) atoms. The zero-order chi connectivity index (χ0) is 24.6. The van der Waals surface area contributed by atoms with Gasteiger partial charge in [-0.2, -0.15) is 18.2 Å². The Morgan fingerprint density at radius 2 is 1.86 bits per heavy atom. The van der Waals surface area contributed by atoms with Crippen LogP contribution in [0.3, 0.4) is 0 Å². The lowest BCUT2D eigenvalue weighted by atomic mass is 10.1. The molecule has 3 aromatic heterocycles. The van der Waals surface area contributed by atoms with E-state index in [1.807, 2.05) is 35.0 Å². The number of carboxylic acid groups (broad SMARTS) is 1. The zero-order valence-corrected chi connectivity index (χ0v) is 18.9. The largest absolute Gasteiger partial charge is 0.481 e. The molecule has 0 amide bonds. The van der Waals surface area contributed by atoms with E-state index in [-0.39, 0.29) is 28.6 Å². The van der Waals surface area contributed by atoms with Gasteiger partial charge in [0.2, 0.25) is 5.82 Å². The second-order valence-electron chi connectivity index (χ2n) is 7.89. The molecule has 3 heterocycles. The first-order chi connectivity index (χ1) is 16.8. The molecule has 0 bridgehead atoms. The van der Waals surface area contributed by atoms with E-state index in [9.17, 15) is 18.0 Å². The summed E-state index contributed by atoms with van der Waals surface area (Å²) in [6.07, 6.45) is -2.11. The van der Waals surface area contributed by atoms with Crippen LogP contribution >= 0.6 is 11.3 Å². The minimum atomic E-state index is -4.52. The number of thiophene rings is 1. The second kappa shape index (κ2) is 9.03. The molecule has 0 radical (unpaired) electrons. The summed E-state index contributed by atoms with van der Waals surface area (Å²) >= 11 is 0.569. The van der Waals surface area contributed by atoms with Crippen LogP contribution in [0, 0.1) is 0 Å². The molecule has 5 aromatic rings.